The van der Waals surface area contributed by atoms with E-state index >= 15 is 0 Å². The summed E-state index contributed by atoms with van der Waals surface area (Å²) in [4.78, 5) is 21.2. The Labute approximate surface area is 211 Å². The number of aliphatic imine (C=N–C) groups is 1. The molecule has 0 aromatic carbocycles. The van der Waals surface area contributed by atoms with Crippen LogP contribution in [0.25, 0.3) is 0 Å². The molecule has 0 radical (unpaired) electrons. The van der Waals surface area contributed by atoms with Crippen molar-refractivity contribution in [1.82, 2.24) is 15.1 Å². The van der Waals surface area contributed by atoms with Crippen molar-refractivity contribution in [2.45, 2.75) is 12.8 Å². The molecule has 3 aliphatic rings. The van der Waals surface area contributed by atoms with Crippen molar-refractivity contribution in [1.29, 1.82) is 0 Å². The van der Waals surface area contributed by atoms with E-state index in [-0.39, 0.29) is 5.91 Å². The molecule has 1 N–H and O–H groups in total. The summed E-state index contributed by atoms with van der Waals surface area (Å²) in [6.07, 6.45) is 19.7. The van der Waals surface area contributed by atoms with Crippen LogP contribution >= 0.6 is 23.2 Å². The van der Waals surface area contributed by atoms with Gasteiger partial charge in [0.05, 0.1) is 10.7 Å². The van der Waals surface area contributed by atoms with Crippen molar-refractivity contribution in [3.05, 3.63) is 93.7 Å². The predicted octanol–water partition coefficient (Wildman–Crippen LogP) is 4.77. The summed E-state index contributed by atoms with van der Waals surface area (Å²) in [5.74, 6) is 0.467. The van der Waals surface area contributed by atoms with Crippen LogP contribution in [0.1, 0.15) is 12.8 Å². The molecule has 1 heterocycles. The molecule has 0 bridgehead atoms. The third-order valence-electron chi connectivity index (χ3n) is 5.49. The molecule has 2 aliphatic carbocycles. The van der Waals surface area contributed by atoms with Gasteiger partial charge in [0.25, 0.3) is 5.91 Å². The highest BCUT2D eigenvalue weighted by molar-refractivity contribution is 6.40. The molecule has 0 aromatic heterocycles. The summed E-state index contributed by atoms with van der Waals surface area (Å²) in [7, 11) is 2.16. The zero-order chi connectivity index (χ0) is 24.3. The summed E-state index contributed by atoms with van der Waals surface area (Å²) >= 11 is 12.2. The van der Waals surface area contributed by atoms with E-state index in [9.17, 15) is 4.79 Å². The zero-order valence-electron chi connectivity index (χ0n) is 19.3. The van der Waals surface area contributed by atoms with E-state index in [2.05, 4.69) is 46.0 Å². The highest BCUT2D eigenvalue weighted by Gasteiger charge is 2.16. The number of allylic oxidation sites excluding steroid dienone is 9. The van der Waals surface area contributed by atoms with Gasteiger partial charge in [0.1, 0.15) is 12.4 Å². The van der Waals surface area contributed by atoms with Gasteiger partial charge in [0, 0.05) is 61.5 Å². The first-order valence-electron chi connectivity index (χ1n) is 11.2. The number of nitrogens with one attached hydrogen (secondary N) is 1. The Hall–Kier alpha value is -2.80. The molecule has 0 unspecified atom stereocenters. The van der Waals surface area contributed by atoms with Crippen molar-refractivity contribution in [3.63, 3.8) is 0 Å². The summed E-state index contributed by atoms with van der Waals surface area (Å²) in [5, 5.41) is 3.64. The molecular formula is C26H30Cl2N4O2. The molecular weight excluding hydrogens is 471 g/mol. The minimum Gasteiger partial charge on any atom is -0.490 e. The Morgan fingerprint density at radius 3 is 2.71 bits per heavy atom. The number of hydrogen-bond donors (Lipinski definition) is 1. The van der Waals surface area contributed by atoms with Crippen molar-refractivity contribution in [3.8, 4) is 0 Å². The maximum atomic E-state index is 12.6. The van der Waals surface area contributed by atoms with Gasteiger partial charge in [-0.2, -0.15) is 0 Å². The molecule has 6 nitrogen and oxygen atoms in total. The topological polar surface area (TPSA) is 57.2 Å². The van der Waals surface area contributed by atoms with Gasteiger partial charge in [-0.05, 0) is 50.2 Å². The average molecular weight is 501 g/mol. The fraction of sp³-hybridized carbons (Fsp3) is 0.308. The third-order valence-corrected chi connectivity index (χ3v) is 6.28. The summed E-state index contributed by atoms with van der Waals surface area (Å²) < 4.78 is 5.88. The lowest BCUT2D eigenvalue weighted by molar-refractivity contribution is -0.116. The molecule has 0 aromatic rings. The first-order valence-corrected chi connectivity index (χ1v) is 11.9. The summed E-state index contributed by atoms with van der Waals surface area (Å²) in [6, 6.07) is 0. The van der Waals surface area contributed by atoms with Crippen LogP contribution < -0.4 is 5.32 Å². The lowest BCUT2D eigenvalue weighted by Gasteiger charge is -2.35. The van der Waals surface area contributed by atoms with Gasteiger partial charge in [0.2, 0.25) is 0 Å². The largest absolute Gasteiger partial charge is 0.490 e. The van der Waals surface area contributed by atoms with E-state index in [0.29, 0.717) is 34.4 Å². The Balaban J connectivity index is 1.54. The number of rotatable bonds is 8. The lowest BCUT2D eigenvalue weighted by Crippen LogP contribution is -2.43. The van der Waals surface area contributed by atoms with Crippen LogP contribution in [0.4, 0.5) is 0 Å². The average Bonchev–Trinajstić information content (AvgIpc) is 3.16. The number of hydrogen-bond acceptors (Lipinski definition) is 5. The third kappa shape index (κ3) is 7.90. The number of likely N-dealkylation sites (N-methyl/N-ethyl adjacent to an activating group) is 1. The van der Waals surface area contributed by atoms with E-state index < -0.39 is 0 Å². The van der Waals surface area contributed by atoms with Crippen LogP contribution in [-0.2, 0) is 9.53 Å². The smallest absolute Gasteiger partial charge is 0.255 e. The van der Waals surface area contributed by atoms with Crippen LogP contribution in [0, 0.1) is 0 Å². The molecule has 0 atom stereocenters. The van der Waals surface area contributed by atoms with Gasteiger partial charge < -0.3 is 19.9 Å². The van der Waals surface area contributed by atoms with Crippen LogP contribution in [-0.4, -0.2) is 62.3 Å². The summed E-state index contributed by atoms with van der Waals surface area (Å²) in [6.45, 7) is 8.06. The fourth-order valence-electron chi connectivity index (χ4n) is 3.55. The minimum atomic E-state index is -0.322. The second-order valence-electron chi connectivity index (χ2n) is 8.02. The Kier molecular flexibility index (Phi) is 10.0. The molecule has 1 aliphatic heterocycles. The number of nitrogens with zero attached hydrogens (tertiary/aromatic N) is 3. The van der Waals surface area contributed by atoms with Crippen LogP contribution in [0.3, 0.4) is 0 Å². The molecule has 1 saturated heterocycles. The number of ether oxygens (including phenoxy) is 1. The standard InChI is InChI=1S/C26H30Cl2N4O2/c1-29-19-21(30-26(33)20-6-3-10-24(27)25(28)18-20)7-5-17-34-23-9-4-8-22(11-12-23)32-15-13-31(2)14-16-32/h3-7,9,11-12,18-19H,1,8,10,13-17H2,2H3,(H,30,33)/b7-5-,21-19+. The van der Waals surface area contributed by atoms with Crippen molar-refractivity contribution < 1.29 is 9.53 Å². The maximum absolute atomic E-state index is 12.6. The van der Waals surface area contributed by atoms with Gasteiger partial charge in [-0.1, -0.05) is 41.4 Å². The predicted molar refractivity (Wildman–Crippen MR) is 140 cm³/mol. The molecule has 1 amide bonds. The minimum absolute atomic E-state index is 0.322. The second-order valence-corrected chi connectivity index (χ2v) is 8.88. The number of halogens is 2. The van der Waals surface area contributed by atoms with E-state index in [1.165, 1.54) is 11.9 Å². The van der Waals surface area contributed by atoms with Crippen molar-refractivity contribution >= 4 is 35.8 Å². The Morgan fingerprint density at radius 1 is 1.18 bits per heavy atom. The van der Waals surface area contributed by atoms with E-state index in [1.54, 1.807) is 24.3 Å². The Bertz CT molecular complexity index is 1020. The van der Waals surface area contributed by atoms with E-state index in [0.717, 1.165) is 38.4 Å². The molecule has 180 valence electrons. The van der Waals surface area contributed by atoms with Gasteiger partial charge >= 0.3 is 0 Å². The highest BCUT2D eigenvalue weighted by Crippen LogP contribution is 2.24. The second kappa shape index (κ2) is 13.2. The molecule has 8 heteroatoms. The van der Waals surface area contributed by atoms with Crippen molar-refractivity contribution in [2.75, 3.05) is 39.8 Å². The molecule has 34 heavy (non-hydrogen) atoms. The monoisotopic (exact) mass is 500 g/mol. The molecule has 3 rings (SSSR count). The Morgan fingerprint density at radius 2 is 1.94 bits per heavy atom. The highest BCUT2D eigenvalue weighted by atomic mass is 35.5. The van der Waals surface area contributed by atoms with Crippen LogP contribution in [0.2, 0.25) is 0 Å². The first-order chi connectivity index (χ1) is 16.5. The number of carbonyl (C=O) groups excluding carboxylic acids is 1. The molecule has 1 fully saturated rings. The molecule has 0 spiro atoms. The fourth-order valence-corrected chi connectivity index (χ4v) is 3.89. The van der Waals surface area contributed by atoms with Crippen LogP contribution in [0.15, 0.2) is 98.7 Å². The maximum Gasteiger partial charge on any atom is 0.255 e. The van der Waals surface area contributed by atoms with Gasteiger partial charge in [0.15, 0.2) is 0 Å². The van der Waals surface area contributed by atoms with Crippen LogP contribution in [0.5, 0.6) is 0 Å². The number of amides is 1. The van der Waals surface area contributed by atoms with Gasteiger partial charge in [-0.25, -0.2) is 0 Å². The van der Waals surface area contributed by atoms with Gasteiger partial charge in [-0.3, -0.25) is 9.79 Å². The zero-order valence-corrected chi connectivity index (χ0v) is 20.9. The number of piperazine rings is 1. The summed E-state index contributed by atoms with van der Waals surface area (Å²) in [5.41, 5.74) is 2.19. The normalized spacial score (nSPS) is 19.9. The lowest BCUT2D eigenvalue weighted by atomic mass is 10.2. The quantitative estimate of drug-likeness (QED) is 0.385. The van der Waals surface area contributed by atoms with Crippen molar-refractivity contribution in [2.24, 2.45) is 4.99 Å². The first kappa shape index (κ1) is 25.8. The number of carbonyl (C=O) groups is 1. The van der Waals surface area contributed by atoms with E-state index in [1.807, 2.05) is 18.2 Å². The SMILES string of the molecule is C=N/C=C(\C=C/COC1=CC=C(N2CCN(C)CC2)CC=C1)NC(=O)C1=CC(Cl)=C(Cl)CC=C1. The van der Waals surface area contributed by atoms with Gasteiger partial charge in [-0.15, -0.1) is 0 Å². The van der Waals surface area contributed by atoms with E-state index in [4.69, 9.17) is 27.9 Å². The molecule has 0 saturated carbocycles.